The molecule has 0 aliphatic rings. The van der Waals surface area contributed by atoms with Gasteiger partial charge in [-0.3, -0.25) is 4.79 Å². The fourth-order valence-electron chi connectivity index (χ4n) is 1.55. The molecule has 0 aliphatic heterocycles. The molecule has 0 radical (unpaired) electrons. The van der Waals surface area contributed by atoms with Crippen LogP contribution in [0.4, 0.5) is 5.69 Å². The number of rotatable bonds is 4. The number of nitrogens with zero attached hydrogens (tertiary/aromatic N) is 2. The minimum absolute atomic E-state index is 0.156. The van der Waals surface area contributed by atoms with Crippen LogP contribution >= 0.6 is 15.9 Å². The van der Waals surface area contributed by atoms with E-state index in [2.05, 4.69) is 26.7 Å². The van der Waals surface area contributed by atoms with Crippen molar-refractivity contribution in [3.63, 3.8) is 0 Å². The van der Waals surface area contributed by atoms with E-state index in [4.69, 9.17) is 5.26 Å². The second-order valence-corrected chi connectivity index (χ2v) is 4.93. The topological polar surface area (TPSA) is 53.3 Å². The summed E-state index contributed by atoms with van der Waals surface area (Å²) in [6.07, 6.45) is 0. The predicted molar refractivity (Wildman–Crippen MR) is 73.4 cm³/mol. The Morgan fingerprint density at radius 1 is 1.56 bits per heavy atom. The summed E-state index contributed by atoms with van der Waals surface area (Å²) in [4.78, 5) is 13.3. The molecule has 18 heavy (non-hydrogen) atoms. The van der Waals surface area contributed by atoms with Gasteiger partial charge in [-0.05, 0) is 48.0 Å². The number of hydrogen-bond donors (Lipinski definition) is 0. The lowest BCUT2D eigenvalue weighted by molar-refractivity contribution is -0.139. The van der Waals surface area contributed by atoms with Crippen molar-refractivity contribution in [1.82, 2.24) is 0 Å². The molecule has 1 aromatic rings. The number of esters is 1. The molecule has 0 saturated heterocycles. The summed E-state index contributed by atoms with van der Waals surface area (Å²) in [6.45, 7) is 4.18. The fourth-order valence-corrected chi connectivity index (χ4v) is 2.00. The maximum Gasteiger partial charge on any atom is 0.325 e. The zero-order chi connectivity index (χ0) is 13.7. The largest absolute Gasteiger partial charge is 0.468 e. The fraction of sp³-hybridized carbons (Fsp3) is 0.385. The summed E-state index contributed by atoms with van der Waals surface area (Å²) < 4.78 is 5.40. The normalized spacial score (nSPS) is 10.0. The molecule has 4 nitrogen and oxygen atoms in total. The van der Waals surface area contributed by atoms with Gasteiger partial charge in [0, 0.05) is 16.2 Å². The van der Waals surface area contributed by atoms with Crippen LogP contribution < -0.4 is 4.90 Å². The van der Waals surface area contributed by atoms with Crippen LogP contribution in [0.15, 0.2) is 22.7 Å². The van der Waals surface area contributed by atoms with Gasteiger partial charge >= 0.3 is 5.97 Å². The minimum Gasteiger partial charge on any atom is -0.468 e. The summed E-state index contributed by atoms with van der Waals surface area (Å²) in [5.74, 6) is -0.288. The van der Waals surface area contributed by atoms with Crippen molar-refractivity contribution in [3.8, 4) is 6.07 Å². The molecule has 0 unspecified atom stereocenters. The third-order valence-electron chi connectivity index (χ3n) is 2.56. The molecule has 0 N–H and O–H groups in total. The molecule has 0 bridgehead atoms. The van der Waals surface area contributed by atoms with E-state index >= 15 is 0 Å². The molecular formula is C13H15BrN2O2. The number of carbonyl (C=O) groups is 1. The van der Waals surface area contributed by atoms with E-state index in [1.165, 1.54) is 7.11 Å². The van der Waals surface area contributed by atoms with Gasteiger partial charge in [-0.15, -0.1) is 0 Å². The van der Waals surface area contributed by atoms with E-state index in [1.54, 1.807) is 6.07 Å². The Morgan fingerprint density at radius 3 is 2.67 bits per heavy atom. The number of nitriles is 1. The Bertz CT molecular complexity index is 480. The molecule has 0 spiro atoms. The van der Waals surface area contributed by atoms with Crippen LogP contribution in [0.5, 0.6) is 0 Å². The Balaban J connectivity index is 3.04. The van der Waals surface area contributed by atoms with Gasteiger partial charge in [0.1, 0.15) is 12.6 Å². The average molecular weight is 311 g/mol. The zero-order valence-electron chi connectivity index (χ0n) is 10.6. The molecule has 0 fully saturated rings. The van der Waals surface area contributed by atoms with E-state index in [0.717, 1.165) is 10.2 Å². The SMILES string of the molecule is COC(=O)CN(c1ccc(C#N)c(Br)c1)C(C)C. The second-order valence-electron chi connectivity index (χ2n) is 4.07. The first-order chi connectivity index (χ1) is 8.49. The first-order valence-electron chi connectivity index (χ1n) is 5.52. The van der Waals surface area contributed by atoms with Gasteiger partial charge in [0.05, 0.1) is 12.7 Å². The van der Waals surface area contributed by atoms with Crippen molar-refractivity contribution in [1.29, 1.82) is 5.26 Å². The molecular weight excluding hydrogens is 296 g/mol. The molecule has 5 heteroatoms. The van der Waals surface area contributed by atoms with Crippen molar-refractivity contribution < 1.29 is 9.53 Å². The molecule has 0 heterocycles. The van der Waals surface area contributed by atoms with Crippen LogP contribution in [-0.4, -0.2) is 25.7 Å². The molecule has 96 valence electrons. The Hall–Kier alpha value is -1.54. The number of anilines is 1. The number of halogens is 1. The monoisotopic (exact) mass is 310 g/mol. The lowest BCUT2D eigenvalue weighted by Crippen LogP contribution is -2.36. The smallest absolute Gasteiger partial charge is 0.325 e. The first kappa shape index (κ1) is 14.5. The van der Waals surface area contributed by atoms with Crippen LogP contribution in [0.25, 0.3) is 0 Å². The first-order valence-corrected chi connectivity index (χ1v) is 6.32. The summed E-state index contributed by atoms with van der Waals surface area (Å²) in [7, 11) is 1.37. The molecule has 0 saturated carbocycles. The number of ether oxygens (including phenoxy) is 1. The highest BCUT2D eigenvalue weighted by atomic mass is 79.9. The van der Waals surface area contributed by atoms with Gasteiger partial charge in [-0.2, -0.15) is 5.26 Å². The van der Waals surface area contributed by atoms with Gasteiger partial charge in [-0.1, -0.05) is 0 Å². The van der Waals surface area contributed by atoms with E-state index in [0.29, 0.717) is 5.56 Å². The van der Waals surface area contributed by atoms with E-state index < -0.39 is 0 Å². The predicted octanol–water partition coefficient (Wildman–Crippen LogP) is 2.71. The van der Waals surface area contributed by atoms with Gasteiger partial charge in [0.25, 0.3) is 0 Å². The lowest BCUT2D eigenvalue weighted by atomic mass is 10.2. The Kier molecular flexibility index (Phi) is 5.17. The van der Waals surface area contributed by atoms with Gasteiger partial charge in [0.15, 0.2) is 0 Å². The van der Waals surface area contributed by atoms with Crippen LogP contribution in [0, 0.1) is 11.3 Å². The van der Waals surface area contributed by atoms with Gasteiger partial charge in [-0.25, -0.2) is 0 Å². The Morgan fingerprint density at radius 2 is 2.22 bits per heavy atom. The highest BCUT2D eigenvalue weighted by Gasteiger charge is 2.16. The maximum atomic E-state index is 11.4. The average Bonchev–Trinajstić information content (AvgIpc) is 2.35. The molecule has 1 rings (SSSR count). The number of benzene rings is 1. The molecule has 0 aliphatic carbocycles. The highest BCUT2D eigenvalue weighted by molar-refractivity contribution is 9.10. The number of hydrogen-bond acceptors (Lipinski definition) is 4. The van der Waals surface area contributed by atoms with Gasteiger partial charge < -0.3 is 9.64 Å². The van der Waals surface area contributed by atoms with Gasteiger partial charge in [0.2, 0.25) is 0 Å². The summed E-state index contributed by atoms with van der Waals surface area (Å²) >= 11 is 3.34. The minimum atomic E-state index is -0.288. The van der Waals surface area contributed by atoms with Crippen LogP contribution in [0.2, 0.25) is 0 Å². The Labute approximate surface area is 115 Å². The summed E-state index contributed by atoms with van der Waals surface area (Å²) in [5, 5.41) is 8.87. The van der Waals surface area contributed by atoms with E-state index in [1.807, 2.05) is 30.9 Å². The summed E-state index contributed by atoms with van der Waals surface area (Å²) in [6, 6.07) is 7.63. The highest BCUT2D eigenvalue weighted by Crippen LogP contribution is 2.25. The van der Waals surface area contributed by atoms with E-state index in [-0.39, 0.29) is 18.6 Å². The zero-order valence-corrected chi connectivity index (χ0v) is 12.2. The third-order valence-corrected chi connectivity index (χ3v) is 3.21. The second kappa shape index (κ2) is 6.41. The molecule has 0 amide bonds. The van der Waals surface area contributed by atoms with Crippen LogP contribution in [-0.2, 0) is 9.53 Å². The lowest BCUT2D eigenvalue weighted by Gasteiger charge is -2.28. The van der Waals surface area contributed by atoms with Crippen molar-refractivity contribution in [2.75, 3.05) is 18.6 Å². The third kappa shape index (κ3) is 3.47. The molecule has 1 aromatic carbocycles. The van der Waals surface area contributed by atoms with Crippen LogP contribution in [0.1, 0.15) is 19.4 Å². The van der Waals surface area contributed by atoms with Crippen molar-refractivity contribution in [2.45, 2.75) is 19.9 Å². The molecule has 0 aromatic heterocycles. The van der Waals surface area contributed by atoms with Crippen molar-refractivity contribution in [2.24, 2.45) is 0 Å². The standard InChI is InChI=1S/C13H15BrN2O2/c1-9(2)16(8-13(17)18-3)11-5-4-10(7-15)12(14)6-11/h4-6,9H,8H2,1-3H3. The maximum absolute atomic E-state index is 11.4. The van der Waals surface area contributed by atoms with E-state index in [9.17, 15) is 4.79 Å². The molecule has 0 atom stereocenters. The summed E-state index contributed by atoms with van der Waals surface area (Å²) in [5.41, 5.74) is 1.45. The number of carbonyl (C=O) groups excluding carboxylic acids is 1. The quantitative estimate of drug-likeness (QED) is 0.802. The van der Waals surface area contributed by atoms with Crippen LogP contribution in [0.3, 0.4) is 0 Å². The van der Waals surface area contributed by atoms with Crippen molar-refractivity contribution in [3.05, 3.63) is 28.2 Å². The number of methoxy groups -OCH3 is 1. The van der Waals surface area contributed by atoms with Crippen molar-refractivity contribution >= 4 is 27.6 Å².